The van der Waals surface area contributed by atoms with E-state index in [-0.39, 0.29) is 17.4 Å². The molecule has 114 valence electrons. The van der Waals surface area contributed by atoms with Crippen LogP contribution in [0.4, 0.5) is 4.79 Å². The number of thioether (sulfide) groups is 1. The first kappa shape index (κ1) is 14.7. The number of urea groups is 1. The zero-order chi connectivity index (χ0) is 15.0. The van der Waals surface area contributed by atoms with Gasteiger partial charge in [-0.25, -0.2) is 9.59 Å². The highest BCUT2D eigenvalue weighted by molar-refractivity contribution is 8.00. The summed E-state index contributed by atoms with van der Waals surface area (Å²) in [6.07, 6.45) is 2.18. The van der Waals surface area contributed by atoms with E-state index < -0.39 is 12.0 Å². The highest BCUT2D eigenvalue weighted by atomic mass is 32.2. The maximum Gasteiger partial charge on any atom is 0.327 e. The van der Waals surface area contributed by atoms with Gasteiger partial charge in [0.15, 0.2) is 0 Å². The summed E-state index contributed by atoms with van der Waals surface area (Å²) in [7, 11) is 0. The third-order valence-electron chi connectivity index (χ3n) is 3.96. The standard InChI is InChI=1S/C14H18N2O3S2/c1-8(10-4-5-20-6-10)15-14(19)16-11(13(17)18)7-21-12(16)9-2-3-9/h4-6,8-9,11-12H,2-3,7H2,1H3,(H,15,19)(H,17,18). The second-order valence-corrected chi connectivity index (χ2v) is 7.48. The summed E-state index contributed by atoms with van der Waals surface area (Å²) in [6.45, 7) is 1.92. The second kappa shape index (κ2) is 5.88. The van der Waals surface area contributed by atoms with Crippen molar-refractivity contribution in [2.24, 2.45) is 5.92 Å². The van der Waals surface area contributed by atoms with E-state index in [0.29, 0.717) is 11.7 Å². The van der Waals surface area contributed by atoms with Crippen LogP contribution in [0.1, 0.15) is 31.4 Å². The van der Waals surface area contributed by atoms with Crippen molar-refractivity contribution in [1.29, 1.82) is 0 Å². The number of carbonyl (C=O) groups is 2. The Morgan fingerprint density at radius 1 is 1.48 bits per heavy atom. The van der Waals surface area contributed by atoms with Crippen molar-refractivity contribution in [3.63, 3.8) is 0 Å². The minimum absolute atomic E-state index is 0.0146. The van der Waals surface area contributed by atoms with Gasteiger partial charge >= 0.3 is 12.0 Å². The van der Waals surface area contributed by atoms with E-state index in [2.05, 4.69) is 5.32 Å². The van der Waals surface area contributed by atoms with Crippen molar-refractivity contribution in [2.45, 2.75) is 37.2 Å². The van der Waals surface area contributed by atoms with Gasteiger partial charge in [0.25, 0.3) is 0 Å². The smallest absolute Gasteiger partial charge is 0.327 e. The van der Waals surface area contributed by atoms with Gasteiger partial charge in [-0.15, -0.1) is 11.8 Å². The predicted molar refractivity (Wildman–Crippen MR) is 83.5 cm³/mol. The molecule has 1 saturated carbocycles. The van der Waals surface area contributed by atoms with Gasteiger partial charge in [-0.1, -0.05) is 0 Å². The number of rotatable bonds is 4. The largest absolute Gasteiger partial charge is 0.480 e. The van der Waals surface area contributed by atoms with Crippen LogP contribution in [0.5, 0.6) is 0 Å². The highest BCUT2D eigenvalue weighted by Crippen LogP contribution is 2.45. The van der Waals surface area contributed by atoms with Crippen molar-refractivity contribution in [3.05, 3.63) is 22.4 Å². The molecule has 2 N–H and O–H groups in total. The van der Waals surface area contributed by atoms with E-state index in [1.165, 1.54) is 0 Å². The average Bonchev–Trinajstić information content (AvgIpc) is 2.98. The van der Waals surface area contributed by atoms with Crippen LogP contribution in [0.25, 0.3) is 0 Å². The Morgan fingerprint density at radius 3 is 2.81 bits per heavy atom. The number of nitrogens with zero attached hydrogens (tertiary/aromatic N) is 1. The molecule has 7 heteroatoms. The first-order valence-electron chi connectivity index (χ1n) is 7.03. The first-order valence-corrected chi connectivity index (χ1v) is 9.02. The SMILES string of the molecule is CC(NC(=O)N1C(C(=O)O)CSC1C1CC1)c1ccsc1. The molecule has 3 atom stereocenters. The average molecular weight is 326 g/mol. The Kier molecular flexibility index (Phi) is 4.12. The molecule has 1 aliphatic carbocycles. The van der Waals surface area contributed by atoms with Gasteiger partial charge < -0.3 is 10.4 Å². The van der Waals surface area contributed by atoms with Crippen LogP contribution in [0.2, 0.25) is 0 Å². The number of hydrogen-bond acceptors (Lipinski definition) is 4. The number of aliphatic carboxylic acids is 1. The quantitative estimate of drug-likeness (QED) is 0.892. The Morgan fingerprint density at radius 2 is 2.24 bits per heavy atom. The van der Waals surface area contributed by atoms with Gasteiger partial charge in [-0.3, -0.25) is 4.90 Å². The molecule has 0 aromatic carbocycles. The van der Waals surface area contributed by atoms with E-state index in [9.17, 15) is 14.7 Å². The first-order chi connectivity index (χ1) is 10.1. The minimum atomic E-state index is -0.913. The molecule has 0 radical (unpaired) electrons. The topological polar surface area (TPSA) is 69.6 Å². The summed E-state index contributed by atoms with van der Waals surface area (Å²) in [6, 6.07) is 0.892. The van der Waals surface area contributed by atoms with Crippen LogP contribution in [-0.4, -0.2) is 39.2 Å². The molecule has 1 aliphatic heterocycles. The highest BCUT2D eigenvalue weighted by Gasteiger charge is 2.48. The number of amides is 2. The number of nitrogens with one attached hydrogen (secondary N) is 1. The summed E-state index contributed by atoms with van der Waals surface area (Å²) >= 11 is 3.18. The van der Waals surface area contributed by atoms with Crippen LogP contribution >= 0.6 is 23.1 Å². The number of carbonyl (C=O) groups excluding carboxylic acids is 1. The lowest BCUT2D eigenvalue weighted by Crippen LogP contribution is -2.51. The number of thiophene rings is 1. The molecule has 21 heavy (non-hydrogen) atoms. The van der Waals surface area contributed by atoms with Gasteiger partial charge in [0.1, 0.15) is 6.04 Å². The normalized spacial score (nSPS) is 26.6. The zero-order valence-corrected chi connectivity index (χ0v) is 13.3. The number of hydrogen-bond donors (Lipinski definition) is 2. The molecule has 2 heterocycles. The van der Waals surface area contributed by atoms with Crippen LogP contribution in [0.3, 0.4) is 0 Å². The molecule has 3 rings (SSSR count). The maximum atomic E-state index is 12.5. The van der Waals surface area contributed by atoms with E-state index in [4.69, 9.17) is 0 Å². The van der Waals surface area contributed by atoms with Crippen LogP contribution in [-0.2, 0) is 4.79 Å². The Labute approximate surface area is 131 Å². The fourth-order valence-electron chi connectivity index (χ4n) is 2.58. The van der Waals surface area contributed by atoms with Crippen LogP contribution < -0.4 is 5.32 Å². The lowest BCUT2D eigenvalue weighted by Gasteiger charge is -2.29. The fraction of sp³-hybridized carbons (Fsp3) is 0.571. The Bertz CT molecular complexity index is 530. The van der Waals surface area contributed by atoms with Gasteiger partial charge in [0.05, 0.1) is 11.4 Å². The number of carboxylic acid groups (broad SMARTS) is 1. The molecule has 3 unspecified atom stereocenters. The molecule has 1 aromatic rings. The van der Waals surface area contributed by atoms with Gasteiger partial charge in [0, 0.05) is 5.75 Å². The molecule has 0 spiro atoms. The van der Waals surface area contributed by atoms with E-state index in [0.717, 1.165) is 18.4 Å². The molecule has 5 nitrogen and oxygen atoms in total. The number of carboxylic acids is 1. The van der Waals surface area contributed by atoms with E-state index >= 15 is 0 Å². The molecule has 1 aromatic heterocycles. The lowest BCUT2D eigenvalue weighted by molar-refractivity contribution is -0.141. The molecule has 2 amide bonds. The van der Waals surface area contributed by atoms with Crippen molar-refractivity contribution in [3.8, 4) is 0 Å². The third kappa shape index (κ3) is 3.03. The predicted octanol–water partition coefficient (Wildman–Crippen LogP) is 2.76. The molecule has 2 fully saturated rings. The molecule has 1 saturated heterocycles. The molecular formula is C14H18N2O3S2. The summed E-state index contributed by atoms with van der Waals surface area (Å²) in [5.74, 6) is 0.0297. The Hall–Kier alpha value is -1.21. The Balaban J connectivity index is 1.72. The summed E-state index contributed by atoms with van der Waals surface area (Å²) in [5, 5.41) is 16.3. The van der Waals surface area contributed by atoms with Gasteiger partial charge in [-0.2, -0.15) is 11.3 Å². The van der Waals surface area contributed by atoms with E-state index in [1.807, 2.05) is 23.8 Å². The minimum Gasteiger partial charge on any atom is -0.480 e. The third-order valence-corrected chi connectivity index (χ3v) is 6.13. The lowest BCUT2D eigenvalue weighted by atomic mass is 10.2. The maximum absolute atomic E-state index is 12.5. The molecule has 2 aliphatic rings. The van der Waals surface area contributed by atoms with Crippen LogP contribution in [0.15, 0.2) is 16.8 Å². The summed E-state index contributed by atoms with van der Waals surface area (Å²) in [5.41, 5.74) is 1.05. The van der Waals surface area contributed by atoms with Crippen molar-refractivity contribution in [1.82, 2.24) is 10.2 Å². The van der Waals surface area contributed by atoms with Gasteiger partial charge in [0.2, 0.25) is 0 Å². The zero-order valence-electron chi connectivity index (χ0n) is 11.7. The van der Waals surface area contributed by atoms with Crippen molar-refractivity contribution >= 4 is 35.1 Å². The van der Waals surface area contributed by atoms with Crippen molar-refractivity contribution < 1.29 is 14.7 Å². The molecular weight excluding hydrogens is 308 g/mol. The van der Waals surface area contributed by atoms with Gasteiger partial charge in [-0.05, 0) is 48.1 Å². The monoisotopic (exact) mass is 326 g/mol. The van der Waals surface area contributed by atoms with E-state index in [1.54, 1.807) is 28.0 Å². The fourth-order valence-corrected chi connectivity index (χ4v) is 4.97. The van der Waals surface area contributed by atoms with Crippen molar-refractivity contribution in [2.75, 3.05) is 5.75 Å². The summed E-state index contributed by atoms with van der Waals surface area (Å²) in [4.78, 5) is 25.5. The molecule has 0 bridgehead atoms. The summed E-state index contributed by atoms with van der Waals surface area (Å²) < 4.78 is 0. The van der Waals surface area contributed by atoms with Crippen LogP contribution in [0, 0.1) is 5.92 Å². The second-order valence-electron chi connectivity index (χ2n) is 5.55.